The molecule has 0 saturated carbocycles. The van der Waals surface area contributed by atoms with Gasteiger partial charge in [-0.15, -0.1) is 0 Å². The van der Waals surface area contributed by atoms with E-state index < -0.39 is 0 Å². The molecule has 3 heteroatoms. The topological polar surface area (TPSA) is 24.5 Å². The van der Waals surface area contributed by atoms with Crippen LogP contribution in [0.25, 0.3) is 0 Å². The number of nitrogens with zero attached hydrogens (tertiary/aromatic N) is 1. The molecule has 0 aromatic rings. The molecule has 3 aliphatic rings. The minimum absolute atomic E-state index is 0.361. The van der Waals surface area contributed by atoms with E-state index in [1.165, 1.54) is 45.2 Å². The van der Waals surface area contributed by atoms with Crippen molar-refractivity contribution in [3.63, 3.8) is 0 Å². The summed E-state index contributed by atoms with van der Waals surface area (Å²) in [5, 5.41) is 3.75. The van der Waals surface area contributed by atoms with Crippen molar-refractivity contribution >= 4 is 0 Å². The zero-order valence-corrected chi connectivity index (χ0v) is 11.2. The Morgan fingerprint density at radius 2 is 2.12 bits per heavy atom. The van der Waals surface area contributed by atoms with Gasteiger partial charge in [-0.05, 0) is 32.1 Å². The van der Waals surface area contributed by atoms with Crippen molar-refractivity contribution in [3.05, 3.63) is 0 Å². The molecule has 3 atom stereocenters. The Morgan fingerprint density at radius 1 is 1.29 bits per heavy atom. The van der Waals surface area contributed by atoms with Crippen LogP contribution in [0.2, 0.25) is 0 Å². The molecule has 0 radical (unpaired) electrons. The predicted molar refractivity (Wildman–Crippen MR) is 69.2 cm³/mol. The van der Waals surface area contributed by atoms with Crippen LogP contribution in [0, 0.1) is 0 Å². The molecular formula is C14H26N2O. The summed E-state index contributed by atoms with van der Waals surface area (Å²) in [7, 11) is 0. The van der Waals surface area contributed by atoms with Crippen molar-refractivity contribution in [2.75, 3.05) is 19.6 Å². The second-order valence-corrected chi connectivity index (χ2v) is 6.06. The normalized spacial score (nSPS) is 40.9. The number of fused-ring (bicyclic) bond motifs is 2. The SMILES string of the molecule is CCC1(CC)CN(C2CC3CCC2O3)CCN1. The van der Waals surface area contributed by atoms with E-state index in [1.807, 2.05) is 0 Å². The second-order valence-electron chi connectivity index (χ2n) is 6.06. The third kappa shape index (κ3) is 2.02. The summed E-state index contributed by atoms with van der Waals surface area (Å²) < 4.78 is 6.01. The van der Waals surface area contributed by atoms with E-state index in [2.05, 4.69) is 24.1 Å². The number of piperazine rings is 1. The lowest BCUT2D eigenvalue weighted by molar-refractivity contribution is 0.0382. The Kier molecular flexibility index (Phi) is 3.18. The molecular weight excluding hydrogens is 212 g/mol. The fraction of sp³-hybridized carbons (Fsp3) is 1.00. The quantitative estimate of drug-likeness (QED) is 0.811. The first-order valence-corrected chi connectivity index (χ1v) is 7.41. The van der Waals surface area contributed by atoms with Crippen LogP contribution in [0.5, 0.6) is 0 Å². The number of hydrogen-bond donors (Lipinski definition) is 1. The van der Waals surface area contributed by atoms with Crippen LogP contribution in [0.4, 0.5) is 0 Å². The standard InChI is InChI=1S/C14H26N2O/c1-3-14(4-2)10-16(8-7-15-14)12-9-11-5-6-13(12)17-11/h11-13,15H,3-10H2,1-2H3. The largest absolute Gasteiger partial charge is 0.373 e. The molecule has 3 unspecified atom stereocenters. The lowest BCUT2D eigenvalue weighted by Gasteiger charge is -2.46. The van der Waals surface area contributed by atoms with Gasteiger partial charge in [-0.25, -0.2) is 0 Å². The molecule has 0 aromatic carbocycles. The third-order valence-corrected chi connectivity index (χ3v) is 5.30. The average Bonchev–Trinajstić information content (AvgIpc) is 3.01. The molecule has 98 valence electrons. The van der Waals surface area contributed by atoms with E-state index in [9.17, 15) is 0 Å². The van der Waals surface area contributed by atoms with Crippen LogP contribution in [-0.2, 0) is 4.74 Å². The lowest BCUT2D eigenvalue weighted by atomic mass is 9.87. The summed E-state index contributed by atoms with van der Waals surface area (Å²) in [6, 6.07) is 0.716. The van der Waals surface area contributed by atoms with Gasteiger partial charge in [0, 0.05) is 31.2 Å². The molecule has 1 N–H and O–H groups in total. The Bertz CT molecular complexity index is 277. The van der Waals surface area contributed by atoms with Gasteiger partial charge in [0.1, 0.15) is 0 Å². The van der Waals surface area contributed by atoms with E-state index >= 15 is 0 Å². The van der Waals surface area contributed by atoms with Crippen molar-refractivity contribution < 1.29 is 4.74 Å². The molecule has 3 nitrogen and oxygen atoms in total. The fourth-order valence-electron chi connectivity index (χ4n) is 3.99. The van der Waals surface area contributed by atoms with Crippen LogP contribution >= 0.6 is 0 Å². The predicted octanol–water partition coefficient (Wildman–Crippen LogP) is 1.77. The molecule has 3 aliphatic heterocycles. The van der Waals surface area contributed by atoms with Crippen LogP contribution < -0.4 is 5.32 Å². The van der Waals surface area contributed by atoms with Gasteiger partial charge in [0.25, 0.3) is 0 Å². The van der Waals surface area contributed by atoms with Crippen LogP contribution in [0.3, 0.4) is 0 Å². The van der Waals surface area contributed by atoms with Crippen LogP contribution in [0.1, 0.15) is 46.0 Å². The molecule has 2 bridgehead atoms. The highest BCUT2D eigenvalue weighted by atomic mass is 16.5. The highest BCUT2D eigenvalue weighted by molar-refractivity contribution is 5.01. The fourth-order valence-corrected chi connectivity index (χ4v) is 3.99. The highest BCUT2D eigenvalue weighted by Crippen LogP contribution is 2.38. The maximum atomic E-state index is 6.01. The maximum Gasteiger partial charge on any atom is 0.0735 e. The van der Waals surface area contributed by atoms with Crippen LogP contribution in [-0.4, -0.2) is 48.3 Å². The van der Waals surface area contributed by atoms with E-state index in [4.69, 9.17) is 4.74 Å². The van der Waals surface area contributed by atoms with E-state index in [-0.39, 0.29) is 0 Å². The van der Waals surface area contributed by atoms with Crippen molar-refractivity contribution in [1.82, 2.24) is 10.2 Å². The molecule has 3 rings (SSSR count). The van der Waals surface area contributed by atoms with Crippen molar-refractivity contribution in [3.8, 4) is 0 Å². The highest BCUT2D eigenvalue weighted by Gasteiger charge is 2.45. The molecule has 3 heterocycles. The van der Waals surface area contributed by atoms with Gasteiger partial charge < -0.3 is 10.1 Å². The van der Waals surface area contributed by atoms with Gasteiger partial charge >= 0.3 is 0 Å². The summed E-state index contributed by atoms with van der Waals surface area (Å²) in [6.45, 7) is 8.21. The molecule has 0 amide bonds. The second kappa shape index (κ2) is 4.52. The Morgan fingerprint density at radius 3 is 2.71 bits per heavy atom. The first kappa shape index (κ1) is 11.9. The smallest absolute Gasteiger partial charge is 0.0735 e. The molecule has 0 spiro atoms. The summed E-state index contributed by atoms with van der Waals surface area (Å²) in [4.78, 5) is 2.72. The first-order valence-electron chi connectivity index (χ1n) is 7.41. The third-order valence-electron chi connectivity index (χ3n) is 5.30. The monoisotopic (exact) mass is 238 g/mol. The summed E-state index contributed by atoms with van der Waals surface area (Å²) in [5.41, 5.74) is 0.361. The van der Waals surface area contributed by atoms with Gasteiger partial charge in [0.15, 0.2) is 0 Å². The number of nitrogens with one attached hydrogen (secondary N) is 1. The summed E-state index contributed by atoms with van der Waals surface area (Å²) in [6.07, 6.45) is 7.49. The van der Waals surface area contributed by atoms with Crippen molar-refractivity contribution in [1.29, 1.82) is 0 Å². The Hall–Kier alpha value is -0.120. The van der Waals surface area contributed by atoms with Gasteiger partial charge in [0.05, 0.1) is 12.2 Å². The number of hydrogen-bond acceptors (Lipinski definition) is 3. The zero-order valence-electron chi connectivity index (χ0n) is 11.2. The van der Waals surface area contributed by atoms with E-state index in [1.54, 1.807) is 0 Å². The molecule has 0 aliphatic carbocycles. The Balaban J connectivity index is 1.67. The first-order chi connectivity index (χ1) is 8.26. The maximum absolute atomic E-state index is 6.01. The molecule has 3 saturated heterocycles. The van der Waals surface area contributed by atoms with Crippen molar-refractivity contribution in [2.45, 2.75) is 69.7 Å². The average molecular weight is 238 g/mol. The van der Waals surface area contributed by atoms with Gasteiger partial charge in [-0.1, -0.05) is 13.8 Å². The van der Waals surface area contributed by atoms with Crippen LogP contribution in [0.15, 0.2) is 0 Å². The Labute approximate surface area is 105 Å². The summed E-state index contributed by atoms with van der Waals surface area (Å²) >= 11 is 0. The molecule has 0 aromatic heterocycles. The minimum atomic E-state index is 0.361. The molecule has 3 fully saturated rings. The van der Waals surface area contributed by atoms with E-state index in [0.29, 0.717) is 23.8 Å². The van der Waals surface area contributed by atoms with Gasteiger partial charge in [-0.2, -0.15) is 0 Å². The lowest BCUT2D eigenvalue weighted by Crippen LogP contribution is -2.62. The van der Waals surface area contributed by atoms with Crippen molar-refractivity contribution in [2.24, 2.45) is 0 Å². The van der Waals surface area contributed by atoms with E-state index in [0.717, 1.165) is 6.54 Å². The molecule has 17 heavy (non-hydrogen) atoms. The number of rotatable bonds is 3. The van der Waals surface area contributed by atoms with Gasteiger partial charge in [-0.3, -0.25) is 4.90 Å². The number of ether oxygens (including phenoxy) is 1. The minimum Gasteiger partial charge on any atom is -0.373 e. The van der Waals surface area contributed by atoms with Gasteiger partial charge in [0.2, 0.25) is 0 Å². The summed E-state index contributed by atoms with van der Waals surface area (Å²) in [5.74, 6) is 0. The zero-order chi connectivity index (χ0) is 11.9.